The Morgan fingerprint density at radius 2 is 1.95 bits per heavy atom. The second-order valence-corrected chi connectivity index (χ2v) is 4.29. The zero-order valence-corrected chi connectivity index (χ0v) is 10.4. The van der Waals surface area contributed by atoms with E-state index < -0.39 is 11.7 Å². The first-order chi connectivity index (χ1) is 9.47. The van der Waals surface area contributed by atoms with Crippen molar-refractivity contribution >= 4 is 11.0 Å². The highest BCUT2D eigenvalue weighted by atomic mass is 19.4. The molecule has 0 aliphatic heterocycles. The summed E-state index contributed by atoms with van der Waals surface area (Å²) in [5.41, 5.74) is 0.757. The van der Waals surface area contributed by atoms with E-state index >= 15 is 0 Å². The minimum Gasteiger partial charge on any atom is -0.326 e. The van der Waals surface area contributed by atoms with Crippen molar-refractivity contribution in [3.8, 4) is 11.5 Å². The molecule has 7 heteroatoms. The van der Waals surface area contributed by atoms with Crippen molar-refractivity contribution < 1.29 is 13.2 Å². The molecule has 102 valence electrons. The number of imidazole rings is 1. The molecule has 2 heterocycles. The minimum atomic E-state index is -4.37. The summed E-state index contributed by atoms with van der Waals surface area (Å²) in [5, 5.41) is 0. The van der Waals surface area contributed by atoms with Crippen LogP contribution in [-0.2, 0) is 13.2 Å². The second kappa shape index (κ2) is 4.29. The smallest absolute Gasteiger partial charge is 0.326 e. The van der Waals surface area contributed by atoms with Crippen LogP contribution in [0, 0.1) is 0 Å². The van der Waals surface area contributed by atoms with Crippen molar-refractivity contribution in [3.05, 3.63) is 42.4 Å². The van der Waals surface area contributed by atoms with Gasteiger partial charge in [-0.25, -0.2) is 15.0 Å². The third-order valence-electron chi connectivity index (χ3n) is 3.02. The first-order valence-corrected chi connectivity index (χ1v) is 5.77. The molecule has 2 aromatic heterocycles. The SMILES string of the molecule is Cn1c(-c2ccncn2)nc2cc(C(F)(F)F)ccc21. The average molecular weight is 278 g/mol. The summed E-state index contributed by atoms with van der Waals surface area (Å²) in [5.74, 6) is 0.502. The van der Waals surface area contributed by atoms with Crippen LogP contribution in [0.5, 0.6) is 0 Å². The van der Waals surface area contributed by atoms with Crippen LogP contribution >= 0.6 is 0 Å². The molecule has 4 nitrogen and oxygen atoms in total. The summed E-state index contributed by atoms with van der Waals surface area (Å²) in [6.45, 7) is 0. The van der Waals surface area contributed by atoms with Gasteiger partial charge in [0.15, 0.2) is 5.82 Å². The Bertz CT molecular complexity index is 762. The zero-order valence-electron chi connectivity index (χ0n) is 10.4. The van der Waals surface area contributed by atoms with Gasteiger partial charge < -0.3 is 4.57 Å². The Balaban J connectivity index is 2.20. The van der Waals surface area contributed by atoms with Gasteiger partial charge in [-0.3, -0.25) is 0 Å². The maximum absolute atomic E-state index is 12.7. The third-order valence-corrected chi connectivity index (χ3v) is 3.02. The van der Waals surface area contributed by atoms with Gasteiger partial charge in [0.2, 0.25) is 0 Å². The van der Waals surface area contributed by atoms with Gasteiger partial charge in [-0.1, -0.05) is 0 Å². The summed E-state index contributed by atoms with van der Waals surface area (Å²) in [6, 6.07) is 5.16. The molecule has 0 unspecified atom stereocenters. The first kappa shape index (κ1) is 12.6. The highest BCUT2D eigenvalue weighted by Gasteiger charge is 2.31. The van der Waals surface area contributed by atoms with Crippen LogP contribution in [0.2, 0.25) is 0 Å². The molecule has 0 aliphatic rings. The van der Waals surface area contributed by atoms with E-state index in [0.717, 1.165) is 12.1 Å². The van der Waals surface area contributed by atoms with Gasteiger partial charge >= 0.3 is 6.18 Å². The van der Waals surface area contributed by atoms with Crippen LogP contribution in [0.3, 0.4) is 0 Å². The van der Waals surface area contributed by atoms with Crippen LogP contribution in [0.4, 0.5) is 13.2 Å². The summed E-state index contributed by atoms with van der Waals surface area (Å²) >= 11 is 0. The fraction of sp³-hybridized carbons (Fsp3) is 0.154. The van der Waals surface area contributed by atoms with E-state index in [9.17, 15) is 13.2 Å². The maximum Gasteiger partial charge on any atom is 0.416 e. The fourth-order valence-electron chi connectivity index (χ4n) is 2.03. The van der Waals surface area contributed by atoms with Crippen LogP contribution in [0.1, 0.15) is 5.56 Å². The van der Waals surface area contributed by atoms with Gasteiger partial charge in [0, 0.05) is 13.2 Å². The fourth-order valence-corrected chi connectivity index (χ4v) is 2.03. The molecule has 0 saturated carbocycles. The molecule has 0 radical (unpaired) electrons. The lowest BCUT2D eigenvalue weighted by Crippen LogP contribution is -2.04. The molecule has 3 rings (SSSR count). The lowest BCUT2D eigenvalue weighted by atomic mass is 10.2. The maximum atomic E-state index is 12.7. The van der Waals surface area contributed by atoms with E-state index in [1.165, 1.54) is 12.4 Å². The molecule has 0 spiro atoms. The standard InChI is InChI=1S/C13H9F3N4/c1-20-11-3-2-8(13(14,15)16)6-10(11)19-12(20)9-4-5-17-7-18-9/h2-7H,1H3. The molecule has 0 fully saturated rings. The summed E-state index contributed by atoms with van der Waals surface area (Å²) in [7, 11) is 1.74. The van der Waals surface area contributed by atoms with Crippen LogP contribution in [0.25, 0.3) is 22.6 Å². The Kier molecular flexibility index (Phi) is 2.70. The molecule has 0 bridgehead atoms. The van der Waals surface area contributed by atoms with Gasteiger partial charge in [-0.05, 0) is 24.3 Å². The molecular formula is C13H9F3N4. The normalized spacial score (nSPS) is 12.0. The quantitative estimate of drug-likeness (QED) is 0.687. The van der Waals surface area contributed by atoms with Crippen molar-refractivity contribution in [1.82, 2.24) is 19.5 Å². The number of aryl methyl sites for hydroxylation is 1. The molecule has 3 aromatic rings. The number of halogens is 3. The number of hydrogen-bond acceptors (Lipinski definition) is 3. The van der Waals surface area contributed by atoms with Crippen molar-refractivity contribution in [2.45, 2.75) is 6.18 Å². The average Bonchev–Trinajstić information content (AvgIpc) is 2.76. The second-order valence-electron chi connectivity index (χ2n) is 4.29. The number of rotatable bonds is 1. The molecular weight excluding hydrogens is 269 g/mol. The van der Waals surface area contributed by atoms with Gasteiger partial charge in [0.25, 0.3) is 0 Å². The Labute approximate surface area is 111 Å². The van der Waals surface area contributed by atoms with E-state index in [-0.39, 0.29) is 5.52 Å². The molecule has 0 aliphatic carbocycles. The van der Waals surface area contributed by atoms with Gasteiger partial charge in [0.1, 0.15) is 12.0 Å². The van der Waals surface area contributed by atoms with Gasteiger partial charge in [-0.2, -0.15) is 13.2 Å². The van der Waals surface area contributed by atoms with E-state index in [4.69, 9.17) is 0 Å². The predicted octanol–water partition coefficient (Wildman–Crippen LogP) is 3.05. The summed E-state index contributed by atoms with van der Waals surface area (Å²) in [6.07, 6.45) is -1.45. The van der Waals surface area contributed by atoms with E-state index in [2.05, 4.69) is 15.0 Å². The molecule has 20 heavy (non-hydrogen) atoms. The number of alkyl halides is 3. The third kappa shape index (κ3) is 2.01. The zero-order chi connectivity index (χ0) is 14.3. The van der Waals surface area contributed by atoms with Crippen LogP contribution in [0.15, 0.2) is 36.8 Å². The minimum absolute atomic E-state index is 0.288. The highest BCUT2D eigenvalue weighted by molar-refractivity contribution is 5.80. The van der Waals surface area contributed by atoms with Gasteiger partial charge in [-0.15, -0.1) is 0 Å². The van der Waals surface area contributed by atoms with E-state index in [1.54, 1.807) is 23.9 Å². The number of fused-ring (bicyclic) bond motifs is 1. The number of aromatic nitrogens is 4. The topological polar surface area (TPSA) is 43.6 Å². The van der Waals surface area contributed by atoms with Crippen molar-refractivity contribution in [2.75, 3.05) is 0 Å². The van der Waals surface area contributed by atoms with Crippen LogP contribution < -0.4 is 0 Å². The monoisotopic (exact) mass is 278 g/mol. The molecule has 0 N–H and O–H groups in total. The Morgan fingerprint density at radius 1 is 1.15 bits per heavy atom. The summed E-state index contributed by atoms with van der Waals surface area (Å²) < 4.78 is 39.8. The lowest BCUT2D eigenvalue weighted by molar-refractivity contribution is -0.137. The van der Waals surface area contributed by atoms with Crippen LogP contribution in [-0.4, -0.2) is 19.5 Å². The highest BCUT2D eigenvalue weighted by Crippen LogP contribution is 2.32. The number of hydrogen-bond donors (Lipinski definition) is 0. The van der Waals surface area contributed by atoms with Gasteiger partial charge in [0.05, 0.1) is 16.6 Å². The first-order valence-electron chi connectivity index (χ1n) is 5.77. The Hall–Kier alpha value is -2.44. The molecule has 1 aromatic carbocycles. The molecule has 0 saturated heterocycles. The van der Waals surface area contributed by atoms with Crippen molar-refractivity contribution in [2.24, 2.45) is 7.05 Å². The van der Waals surface area contributed by atoms with Crippen molar-refractivity contribution in [3.63, 3.8) is 0 Å². The predicted molar refractivity (Wildman–Crippen MR) is 66.7 cm³/mol. The van der Waals surface area contributed by atoms with Crippen molar-refractivity contribution in [1.29, 1.82) is 0 Å². The number of nitrogens with zero attached hydrogens (tertiary/aromatic N) is 4. The molecule has 0 atom stereocenters. The number of benzene rings is 1. The lowest BCUT2D eigenvalue weighted by Gasteiger charge is -2.05. The van der Waals surface area contributed by atoms with E-state index in [0.29, 0.717) is 17.0 Å². The summed E-state index contributed by atoms with van der Waals surface area (Å²) in [4.78, 5) is 12.1. The molecule has 0 amide bonds. The Morgan fingerprint density at radius 3 is 2.60 bits per heavy atom. The van der Waals surface area contributed by atoms with E-state index in [1.807, 2.05) is 0 Å². The largest absolute Gasteiger partial charge is 0.416 e.